The second-order valence-corrected chi connectivity index (χ2v) is 8.70. The summed E-state index contributed by atoms with van der Waals surface area (Å²) in [7, 11) is 2.07. The fourth-order valence-corrected chi connectivity index (χ4v) is 4.19. The summed E-state index contributed by atoms with van der Waals surface area (Å²) in [4.78, 5) is 27.5. The Balaban J connectivity index is 1.79. The fourth-order valence-electron chi connectivity index (χ4n) is 4.19. The number of hydrogen-bond donors (Lipinski definition) is 1. The Morgan fingerprint density at radius 2 is 1.89 bits per heavy atom. The van der Waals surface area contributed by atoms with Gasteiger partial charge in [0.2, 0.25) is 11.8 Å². The smallest absolute Gasteiger partial charge is 0.245 e. The number of rotatable bonds is 6. The third-order valence-corrected chi connectivity index (χ3v) is 5.85. The van der Waals surface area contributed by atoms with E-state index in [0.29, 0.717) is 0 Å². The second-order valence-electron chi connectivity index (χ2n) is 8.70. The van der Waals surface area contributed by atoms with Crippen molar-refractivity contribution in [3.63, 3.8) is 0 Å². The van der Waals surface area contributed by atoms with Gasteiger partial charge in [-0.15, -0.1) is 0 Å². The number of carbonyl (C=O) groups is 2. The van der Waals surface area contributed by atoms with Gasteiger partial charge in [0, 0.05) is 42.7 Å². The molecule has 1 aliphatic heterocycles. The molecule has 2 aromatic rings. The van der Waals surface area contributed by atoms with Gasteiger partial charge in [0.1, 0.15) is 6.04 Å². The van der Waals surface area contributed by atoms with E-state index < -0.39 is 6.04 Å². The molecular weight excluding hydrogens is 350 g/mol. The molecule has 5 nitrogen and oxygen atoms in total. The van der Waals surface area contributed by atoms with E-state index >= 15 is 0 Å². The van der Waals surface area contributed by atoms with Crippen molar-refractivity contribution < 1.29 is 9.59 Å². The molecule has 1 saturated heterocycles. The zero-order valence-corrected chi connectivity index (χ0v) is 17.7. The van der Waals surface area contributed by atoms with E-state index in [1.165, 1.54) is 16.5 Å². The number of hydrogen-bond acceptors (Lipinski definition) is 2. The number of likely N-dealkylation sites (tertiary alicyclic amines) is 1. The quantitative estimate of drug-likeness (QED) is 0.830. The van der Waals surface area contributed by atoms with Gasteiger partial charge < -0.3 is 14.8 Å². The molecule has 5 heteroatoms. The van der Waals surface area contributed by atoms with Gasteiger partial charge in [-0.1, -0.05) is 45.9 Å². The molecule has 0 saturated carbocycles. The molecule has 152 valence electrons. The van der Waals surface area contributed by atoms with E-state index in [1.54, 1.807) is 0 Å². The summed E-state index contributed by atoms with van der Waals surface area (Å²) in [5.74, 6) is -0.0586. The van der Waals surface area contributed by atoms with Crippen molar-refractivity contribution in [2.45, 2.75) is 59.0 Å². The minimum absolute atomic E-state index is 0.0585. The molecule has 0 spiro atoms. The van der Waals surface area contributed by atoms with Gasteiger partial charge in [-0.25, -0.2) is 0 Å². The molecule has 2 atom stereocenters. The Bertz CT molecular complexity index is 853. The molecule has 2 amide bonds. The molecule has 3 rings (SSSR count). The summed E-state index contributed by atoms with van der Waals surface area (Å²) in [5, 5.41) is 4.24. The van der Waals surface area contributed by atoms with Crippen LogP contribution in [0, 0.1) is 11.8 Å². The van der Waals surface area contributed by atoms with Crippen LogP contribution in [0.5, 0.6) is 0 Å². The van der Waals surface area contributed by atoms with Crippen molar-refractivity contribution >= 4 is 22.7 Å². The molecule has 1 fully saturated rings. The number of nitrogens with zero attached hydrogens (tertiary/aromatic N) is 2. The SMILES string of the molecule is CC(C)C(=O)N[C@H](C(=O)N1CCC[C@H]1Cc1cn(C)c2ccccc12)C(C)C. The first-order chi connectivity index (χ1) is 13.3. The van der Waals surface area contributed by atoms with E-state index in [-0.39, 0.29) is 29.7 Å². The normalized spacial score (nSPS) is 18.2. The molecule has 0 aliphatic carbocycles. The van der Waals surface area contributed by atoms with Crippen LogP contribution in [-0.4, -0.2) is 39.9 Å². The van der Waals surface area contributed by atoms with Crippen molar-refractivity contribution in [2.24, 2.45) is 18.9 Å². The highest BCUT2D eigenvalue weighted by Crippen LogP contribution is 2.27. The topological polar surface area (TPSA) is 54.3 Å². The maximum Gasteiger partial charge on any atom is 0.245 e. The van der Waals surface area contributed by atoms with Gasteiger partial charge in [0.05, 0.1) is 0 Å². The number of aromatic nitrogens is 1. The molecule has 0 radical (unpaired) electrons. The number of nitrogens with one attached hydrogen (secondary N) is 1. The van der Waals surface area contributed by atoms with Crippen molar-refractivity contribution in [1.82, 2.24) is 14.8 Å². The summed E-state index contributed by atoms with van der Waals surface area (Å²) >= 11 is 0. The molecule has 2 heterocycles. The van der Waals surface area contributed by atoms with Gasteiger partial charge in [-0.05, 0) is 36.8 Å². The maximum atomic E-state index is 13.3. The highest BCUT2D eigenvalue weighted by Gasteiger charge is 2.35. The highest BCUT2D eigenvalue weighted by atomic mass is 16.2. The minimum Gasteiger partial charge on any atom is -0.350 e. The Kier molecular flexibility index (Phi) is 6.11. The monoisotopic (exact) mass is 383 g/mol. The Hall–Kier alpha value is -2.30. The lowest BCUT2D eigenvalue weighted by atomic mass is 9.99. The van der Waals surface area contributed by atoms with Crippen LogP contribution in [0.3, 0.4) is 0 Å². The van der Waals surface area contributed by atoms with Crippen molar-refractivity contribution in [3.05, 3.63) is 36.0 Å². The van der Waals surface area contributed by atoms with Crippen LogP contribution in [-0.2, 0) is 23.1 Å². The number of carbonyl (C=O) groups excluding carboxylic acids is 2. The van der Waals surface area contributed by atoms with Crippen LogP contribution in [0.1, 0.15) is 46.1 Å². The minimum atomic E-state index is -0.456. The predicted molar refractivity (Wildman–Crippen MR) is 113 cm³/mol. The number of benzene rings is 1. The standard InChI is InChI=1S/C23H33N3O2/c1-15(2)21(24-22(27)16(3)4)23(28)26-12-8-9-18(26)13-17-14-25(5)20-11-7-6-10-19(17)20/h6-7,10-11,14-16,18,21H,8-9,12-13H2,1-5H3,(H,24,27)/t18-,21-/m0/s1. The van der Waals surface area contributed by atoms with E-state index in [4.69, 9.17) is 0 Å². The number of para-hydroxylation sites is 1. The average Bonchev–Trinajstić information content (AvgIpc) is 3.24. The zero-order chi connectivity index (χ0) is 20.4. The highest BCUT2D eigenvalue weighted by molar-refractivity contribution is 5.89. The van der Waals surface area contributed by atoms with Crippen LogP contribution in [0.2, 0.25) is 0 Å². The first kappa shape index (κ1) is 20.4. The van der Waals surface area contributed by atoms with Crippen LogP contribution in [0.4, 0.5) is 0 Å². The summed E-state index contributed by atoms with van der Waals surface area (Å²) < 4.78 is 2.16. The molecule has 1 aliphatic rings. The lowest BCUT2D eigenvalue weighted by Crippen LogP contribution is -2.53. The van der Waals surface area contributed by atoms with Crippen molar-refractivity contribution in [1.29, 1.82) is 0 Å². The number of amides is 2. The van der Waals surface area contributed by atoms with Crippen molar-refractivity contribution in [3.8, 4) is 0 Å². The Morgan fingerprint density at radius 3 is 2.57 bits per heavy atom. The van der Waals surface area contributed by atoms with Gasteiger partial charge in [0.25, 0.3) is 0 Å². The third-order valence-electron chi connectivity index (χ3n) is 5.85. The fraction of sp³-hybridized carbons (Fsp3) is 0.565. The number of fused-ring (bicyclic) bond motifs is 1. The maximum absolute atomic E-state index is 13.3. The van der Waals surface area contributed by atoms with Gasteiger partial charge in [-0.3, -0.25) is 9.59 Å². The molecular formula is C23H33N3O2. The first-order valence-electron chi connectivity index (χ1n) is 10.4. The van der Waals surface area contributed by atoms with E-state index in [9.17, 15) is 9.59 Å². The molecule has 28 heavy (non-hydrogen) atoms. The molecule has 1 aromatic heterocycles. The second kappa shape index (κ2) is 8.38. The number of aryl methyl sites for hydroxylation is 1. The first-order valence-corrected chi connectivity index (χ1v) is 10.4. The lowest BCUT2D eigenvalue weighted by molar-refractivity contribution is -0.139. The van der Waals surface area contributed by atoms with Crippen molar-refractivity contribution in [2.75, 3.05) is 6.54 Å². The van der Waals surface area contributed by atoms with Crippen LogP contribution >= 0.6 is 0 Å². The predicted octanol–water partition coefficient (Wildman–Crippen LogP) is 3.51. The van der Waals surface area contributed by atoms with E-state index in [0.717, 1.165) is 25.8 Å². The summed E-state index contributed by atoms with van der Waals surface area (Å²) in [6, 6.07) is 8.15. The summed E-state index contributed by atoms with van der Waals surface area (Å²) in [6.45, 7) is 8.49. The largest absolute Gasteiger partial charge is 0.350 e. The third kappa shape index (κ3) is 4.08. The summed E-state index contributed by atoms with van der Waals surface area (Å²) in [5.41, 5.74) is 2.51. The van der Waals surface area contributed by atoms with Crippen LogP contribution < -0.4 is 5.32 Å². The Labute approximate surface area is 168 Å². The van der Waals surface area contributed by atoms with Gasteiger partial charge in [-0.2, -0.15) is 0 Å². The van der Waals surface area contributed by atoms with Crippen LogP contribution in [0.15, 0.2) is 30.5 Å². The van der Waals surface area contributed by atoms with E-state index in [2.05, 4.69) is 47.4 Å². The van der Waals surface area contributed by atoms with Crippen LogP contribution in [0.25, 0.3) is 10.9 Å². The molecule has 0 unspecified atom stereocenters. The average molecular weight is 384 g/mol. The zero-order valence-electron chi connectivity index (χ0n) is 17.7. The van der Waals surface area contributed by atoms with E-state index in [1.807, 2.05) is 32.6 Å². The Morgan fingerprint density at radius 1 is 1.18 bits per heavy atom. The van der Waals surface area contributed by atoms with Gasteiger partial charge in [0.15, 0.2) is 0 Å². The molecule has 0 bridgehead atoms. The molecule has 1 N–H and O–H groups in total. The summed E-state index contributed by atoms with van der Waals surface area (Å²) in [6.07, 6.45) is 5.07. The van der Waals surface area contributed by atoms with Gasteiger partial charge >= 0.3 is 0 Å². The lowest BCUT2D eigenvalue weighted by Gasteiger charge is -2.31. The molecule has 1 aromatic carbocycles.